The summed E-state index contributed by atoms with van der Waals surface area (Å²) in [5.74, 6) is 2.55. The molecule has 1 fully saturated rings. The van der Waals surface area contributed by atoms with Crippen molar-refractivity contribution in [3.63, 3.8) is 0 Å². The van der Waals surface area contributed by atoms with Crippen LogP contribution in [0.25, 0.3) is 0 Å². The van der Waals surface area contributed by atoms with Gasteiger partial charge in [0.05, 0.1) is 0 Å². The van der Waals surface area contributed by atoms with Gasteiger partial charge in [-0.1, -0.05) is 32.1 Å². The van der Waals surface area contributed by atoms with E-state index in [1.165, 1.54) is 11.1 Å². The number of hydrogen-bond acceptors (Lipinski definition) is 0. The molecule has 2 atom stereocenters. The third-order valence-electron chi connectivity index (χ3n) is 2.98. The van der Waals surface area contributed by atoms with Gasteiger partial charge in [0.2, 0.25) is 0 Å². The highest BCUT2D eigenvalue weighted by molar-refractivity contribution is 5.30. The highest BCUT2D eigenvalue weighted by atomic mass is 14.5. The summed E-state index contributed by atoms with van der Waals surface area (Å²) < 4.78 is 0. The molecule has 0 bridgehead atoms. The predicted molar refractivity (Wildman–Crippen MR) is 50.4 cm³/mol. The summed E-state index contributed by atoms with van der Waals surface area (Å²) in [5, 5.41) is 0. The second-order valence-electron chi connectivity index (χ2n) is 3.90. The zero-order chi connectivity index (χ0) is 8.59. The van der Waals surface area contributed by atoms with Gasteiger partial charge in [-0.2, -0.15) is 0 Å². The normalized spacial score (nSPS) is 34.7. The number of hydrogen-bond donors (Lipinski definition) is 0. The van der Waals surface area contributed by atoms with E-state index in [9.17, 15) is 0 Å². The summed E-state index contributed by atoms with van der Waals surface area (Å²) in [5.41, 5.74) is 2.91. The number of allylic oxidation sites excluding steroid dienone is 3. The van der Waals surface area contributed by atoms with Crippen LogP contribution in [0.4, 0.5) is 0 Å². The van der Waals surface area contributed by atoms with Gasteiger partial charge in [0.1, 0.15) is 0 Å². The van der Waals surface area contributed by atoms with E-state index in [4.69, 9.17) is 0 Å². The third-order valence-corrected chi connectivity index (χ3v) is 2.98. The van der Waals surface area contributed by atoms with Crippen LogP contribution in [0.3, 0.4) is 0 Å². The van der Waals surface area contributed by atoms with Gasteiger partial charge in [0.15, 0.2) is 0 Å². The van der Waals surface area contributed by atoms with E-state index in [1.807, 2.05) is 6.08 Å². The molecule has 11 heavy (non-hydrogen) atoms. The van der Waals surface area contributed by atoms with E-state index in [-0.39, 0.29) is 0 Å². The second-order valence-corrected chi connectivity index (χ2v) is 3.90. The lowest BCUT2D eigenvalue weighted by Gasteiger charge is -2.01. The van der Waals surface area contributed by atoms with Gasteiger partial charge < -0.3 is 0 Å². The van der Waals surface area contributed by atoms with Gasteiger partial charge in [0, 0.05) is 0 Å². The van der Waals surface area contributed by atoms with Gasteiger partial charge in [0.25, 0.3) is 0 Å². The molecule has 0 radical (unpaired) electrons. The van der Waals surface area contributed by atoms with Crippen molar-refractivity contribution >= 4 is 0 Å². The Labute approximate surface area is 70.0 Å². The van der Waals surface area contributed by atoms with Crippen LogP contribution in [0.15, 0.2) is 23.8 Å². The molecule has 1 saturated carbocycles. The van der Waals surface area contributed by atoms with Gasteiger partial charge in [-0.15, -0.1) is 0 Å². The van der Waals surface area contributed by atoms with Crippen molar-refractivity contribution in [2.75, 3.05) is 0 Å². The molecule has 1 aliphatic rings. The van der Waals surface area contributed by atoms with Crippen molar-refractivity contribution in [1.29, 1.82) is 0 Å². The Kier molecular flexibility index (Phi) is 2.22. The Morgan fingerprint density at radius 3 is 1.73 bits per heavy atom. The first-order valence-corrected chi connectivity index (χ1v) is 4.39. The minimum atomic E-state index is 0.803. The minimum Gasteiger partial charge on any atom is -0.0988 e. The molecule has 0 heteroatoms. The van der Waals surface area contributed by atoms with E-state index in [0.717, 1.165) is 17.8 Å². The largest absolute Gasteiger partial charge is 0.0988 e. The van der Waals surface area contributed by atoms with Crippen LogP contribution in [0.2, 0.25) is 0 Å². The Morgan fingerprint density at radius 2 is 1.64 bits per heavy atom. The van der Waals surface area contributed by atoms with Crippen LogP contribution in [-0.4, -0.2) is 0 Å². The molecule has 0 amide bonds. The average Bonchev–Trinajstić information content (AvgIpc) is 2.46. The molecule has 0 spiro atoms. The molecule has 0 nitrogen and oxygen atoms in total. The van der Waals surface area contributed by atoms with E-state index >= 15 is 0 Å². The lowest BCUT2D eigenvalue weighted by atomic mass is 10.0. The van der Waals surface area contributed by atoms with Crippen molar-refractivity contribution in [1.82, 2.24) is 0 Å². The Hall–Kier alpha value is -0.520. The fourth-order valence-corrected chi connectivity index (χ4v) is 1.90. The Balaban J connectivity index is 2.75. The second kappa shape index (κ2) is 2.84. The average molecular weight is 150 g/mol. The summed E-state index contributed by atoms with van der Waals surface area (Å²) in [6.45, 7) is 12.8. The maximum Gasteiger partial charge on any atom is -0.0106 e. The Bertz CT molecular complexity index is 186. The van der Waals surface area contributed by atoms with Gasteiger partial charge in [-0.3, -0.25) is 0 Å². The molecule has 0 heterocycles. The smallest absolute Gasteiger partial charge is 0.0106 e. The monoisotopic (exact) mass is 150 g/mol. The number of rotatable bonds is 2. The van der Waals surface area contributed by atoms with Crippen LogP contribution >= 0.6 is 0 Å². The minimum absolute atomic E-state index is 0.803. The molecular weight excluding hydrogens is 132 g/mol. The third kappa shape index (κ3) is 1.40. The van der Waals surface area contributed by atoms with E-state index in [0.29, 0.717) is 0 Å². The topological polar surface area (TPSA) is 0 Å². The van der Waals surface area contributed by atoms with Crippen molar-refractivity contribution in [2.45, 2.75) is 27.7 Å². The van der Waals surface area contributed by atoms with Crippen LogP contribution < -0.4 is 0 Å². The zero-order valence-electron chi connectivity index (χ0n) is 8.02. The summed E-state index contributed by atoms with van der Waals surface area (Å²) in [7, 11) is 0. The van der Waals surface area contributed by atoms with Crippen molar-refractivity contribution in [3.05, 3.63) is 23.8 Å². The van der Waals surface area contributed by atoms with Crippen molar-refractivity contribution in [3.8, 4) is 0 Å². The van der Waals surface area contributed by atoms with E-state index in [2.05, 4.69) is 34.3 Å². The molecule has 2 unspecified atom stereocenters. The molecule has 1 aliphatic carbocycles. The quantitative estimate of drug-likeness (QED) is 0.529. The lowest BCUT2D eigenvalue weighted by molar-refractivity contribution is 0.834. The molecule has 0 saturated heterocycles. The molecule has 62 valence electrons. The highest BCUT2D eigenvalue weighted by Crippen LogP contribution is 2.51. The lowest BCUT2D eigenvalue weighted by Crippen LogP contribution is -1.87. The van der Waals surface area contributed by atoms with Gasteiger partial charge in [-0.05, 0) is 37.2 Å². The first kappa shape index (κ1) is 8.58. The molecule has 0 aliphatic heterocycles. The van der Waals surface area contributed by atoms with Crippen LogP contribution in [0.1, 0.15) is 27.7 Å². The van der Waals surface area contributed by atoms with Crippen molar-refractivity contribution < 1.29 is 0 Å². The summed E-state index contributed by atoms with van der Waals surface area (Å²) in [6, 6.07) is 0. The molecule has 0 aromatic heterocycles. The molecule has 0 aromatic rings. The van der Waals surface area contributed by atoms with Crippen molar-refractivity contribution in [2.24, 2.45) is 17.8 Å². The van der Waals surface area contributed by atoms with Gasteiger partial charge >= 0.3 is 0 Å². The van der Waals surface area contributed by atoms with Crippen LogP contribution in [0, 0.1) is 17.8 Å². The molecular formula is C11H18. The SMILES string of the molecule is C=CC(=C(C)C)C1C(C)C1C. The molecule has 0 N–H and O–H groups in total. The molecule has 0 aromatic carbocycles. The van der Waals surface area contributed by atoms with E-state index < -0.39 is 0 Å². The fourth-order valence-electron chi connectivity index (χ4n) is 1.90. The fraction of sp³-hybridized carbons (Fsp3) is 0.636. The van der Waals surface area contributed by atoms with E-state index in [1.54, 1.807) is 0 Å². The van der Waals surface area contributed by atoms with Gasteiger partial charge in [-0.25, -0.2) is 0 Å². The predicted octanol–water partition coefficient (Wildman–Crippen LogP) is 3.41. The maximum atomic E-state index is 3.85. The highest BCUT2D eigenvalue weighted by Gasteiger charge is 2.44. The molecule has 1 rings (SSSR count). The zero-order valence-corrected chi connectivity index (χ0v) is 8.02. The first-order chi connectivity index (χ1) is 5.09. The summed E-state index contributed by atoms with van der Waals surface area (Å²) in [6.07, 6.45) is 2.03. The van der Waals surface area contributed by atoms with Crippen LogP contribution in [-0.2, 0) is 0 Å². The maximum absolute atomic E-state index is 3.85. The van der Waals surface area contributed by atoms with Crippen LogP contribution in [0.5, 0.6) is 0 Å². The summed E-state index contributed by atoms with van der Waals surface area (Å²) in [4.78, 5) is 0. The summed E-state index contributed by atoms with van der Waals surface area (Å²) >= 11 is 0. The standard InChI is InChI=1S/C11H18/c1-6-10(7(2)3)11-8(4)9(11)5/h6,8-9,11H,1H2,2-5H3. The first-order valence-electron chi connectivity index (χ1n) is 4.39. The Morgan fingerprint density at radius 1 is 1.18 bits per heavy atom.